The van der Waals surface area contributed by atoms with E-state index in [0.717, 1.165) is 22.3 Å². The molecule has 4 nitrogen and oxygen atoms in total. The Labute approximate surface area is 185 Å². The van der Waals surface area contributed by atoms with Gasteiger partial charge in [0.05, 0.1) is 23.6 Å². The van der Waals surface area contributed by atoms with Crippen molar-refractivity contribution in [1.82, 2.24) is 0 Å². The molecule has 0 saturated carbocycles. The van der Waals surface area contributed by atoms with Gasteiger partial charge in [-0.25, -0.2) is 0 Å². The Morgan fingerprint density at radius 2 is 1.77 bits per heavy atom. The van der Waals surface area contributed by atoms with E-state index in [1.807, 2.05) is 30.3 Å². The summed E-state index contributed by atoms with van der Waals surface area (Å²) >= 11 is 11.9. The number of ether oxygens (including phenoxy) is 2. The molecule has 0 bridgehead atoms. The predicted octanol–water partition coefficient (Wildman–Crippen LogP) is 5.73. The van der Waals surface area contributed by atoms with Crippen LogP contribution < -0.4 is 9.47 Å². The third-order valence-electron chi connectivity index (χ3n) is 4.23. The molecule has 30 heavy (non-hydrogen) atoms. The lowest BCUT2D eigenvalue weighted by Crippen LogP contribution is -2.00. The molecule has 0 aliphatic heterocycles. The van der Waals surface area contributed by atoms with Crippen molar-refractivity contribution in [1.29, 1.82) is 0 Å². The second-order valence-corrected chi connectivity index (χ2v) is 7.17. The minimum Gasteiger partial charge on any atom is -0.493 e. The second-order valence-electron chi connectivity index (χ2n) is 6.36. The Hall–Kier alpha value is -3.13. The van der Waals surface area contributed by atoms with Crippen LogP contribution in [0, 0.1) is 11.8 Å². The molecular formula is C24H18Cl2O4. The van der Waals surface area contributed by atoms with E-state index >= 15 is 0 Å². The summed E-state index contributed by atoms with van der Waals surface area (Å²) in [6.45, 7) is 0.152. The summed E-state index contributed by atoms with van der Waals surface area (Å²) < 4.78 is 11.2. The molecule has 0 unspecified atom stereocenters. The largest absolute Gasteiger partial charge is 0.493 e. The van der Waals surface area contributed by atoms with Gasteiger partial charge in [0.2, 0.25) is 0 Å². The van der Waals surface area contributed by atoms with Crippen molar-refractivity contribution in [2.75, 3.05) is 13.7 Å². The molecular weight excluding hydrogens is 423 g/mol. The number of aliphatic carboxylic acids is 1. The molecule has 1 N–H and O–H groups in total. The van der Waals surface area contributed by atoms with Crippen molar-refractivity contribution in [3.05, 3.63) is 81.8 Å². The number of halogens is 2. The fourth-order valence-corrected chi connectivity index (χ4v) is 3.13. The van der Waals surface area contributed by atoms with Gasteiger partial charge in [-0.1, -0.05) is 65.4 Å². The quantitative estimate of drug-likeness (QED) is 0.497. The van der Waals surface area contributed by atoms with E-state index in [-0.39, 0.29) is 13.0 Å². The van der Waals surface area contributed by atoms with Crippen LogP contribution in [0.5, 0.6) is 11.5 Å². The van der Waals surface area contributed by atoms with Crippen molar-refractivity contribution in [2.24, 2.45) is 0 Å². The normalized spacial score (nSPS) is 10.1. The summed E-state index contributed by atoms with van der Waals surface area (Å²) in [5, 5.41) is 9.94. The third kappa shape index (κ3) is 5.70. The van der Waals surface area contributed by atoms with Gasteiger partial charge in [-0.05, 0) is 47.0 Å². The van der Waals surface area contributed by atoms with E-state index in [9.17, 15) is 4.79 Å². The van der Waals surface area contributed by atoms with Crippen molar-refractivity contribution < 1.29 is 19.4 Å². The van der Waals surface area contributed by atoms with Gasteiger partial charge in [0.1, 0.15) is 6.61 Å². The van der Waals surface area contributed by atoms with Crippen molar-refractivity contribution >= 4 is 29.2 Å². The standard InChI is InChI=1S/C24H18Cl2O4/c1-29-22-10-8-19(18-6-2-4-17(12-18)14-24(27)28)15-23(22)30-11-3-5-16-7-9-20(25)21(26)13-16/h2,4,6-10,12-13,15H,11,14H2,1H3,(H,27,28). The molecule has 3 aromatic carbocycles. The van der Waals surface area contributed by atoms with Gasteiger partial charge in [0, 0.05) is 5.56 Å². The van der Waals surface area contributed by atoms with Crippen LogP contribution in [0.15, 0.2) is 60.7 Å². The molecule has 3 aromatic rings. The molecule has 0 radical (unpaired) electrons. The summed E-state index contributed by atoms with van der Waals surface area (Å²) in [5.74, 6) is 6.18. The van der Waals surface area contributed by atoms with Gasteiger partial charge in [-0.15, -0.1) is 0 Å². The number of hydrogen-bond acceptors (Lipinski definition) is 3. The molecule has 152 valence electrons. The molecule has 0 aromatic heterocycles. The predicted molar refractivity (Wildman–Crippen MR) is 119 cm³/mol. The van der Waals surface area contributed by atoms with Crippen LogP contribution in [-0.2, 0) is 11.2 Å². The van der Waals surface area contributed by atoms with Crippen LogP contribution in [0.3, 0.4) is 0 Å². The van der Waals surface area contributed by atoms with Gasteiger partial charge in [-0.3, -0.25) is 4.79 Å². The Balaban J connectivity index is 1.78. The molecule has 0 aliphatic rings. The molecule has 0 heterocycles. The molecule has 0 aliphatic carbocycles. The Kier molecular flexibility index (Phi) is 7.24. The zero-order chi connectivity index (χ0) is 21.5. The maximum atomic E-state index is 11.0. The molecule has 0 saturated heterocycles. The SMILES string of the molecule is COc1ccc(-c2cccc(CC(=O)O)c2)cc1OCC#Cc1ccc(Cl)c(Cl)c1. The lowest BCUT2D eigenvalue weighted by atomic mass is 10.0. The molecule has 0 atom stereocenters. The fourth-order valence-electron chi connectivity index (χ4n) is 2.83. The number of carboxylic acids is 1. The van der Waals surface area contributed by atoms with Gasteiger partial charge in [0.25, 0.3) is 0 Å². The summed E-state index contributed by atoms with van der Waals surface area (Å²) in [6.07, 6.45) is -0.0301. The number of carboxylic acid groups (broad SMARTS) is 1. The monoisotopic (exact) mass is 440 g/mol. The number of rotatable bonds is 6. The van der Waals surface area contributed by atoms with Gasteiger partial charge in [0.15, 0.2) is 11.5 Å². The first-order valence-corrected chi connectivity index (χ1v) is 9.77. The topological polar surface area (TPSA) is 55.8 Å². The van der Waals surface area contributed by atoms with E-state index in [4.69, 9.17) is 37.8 Å². The highest BCUT2D eigenvalue weighted by Crippen LogP contribution is 2.33. The number of carbonyl (C=O) groups is 1. The van der Waals surface area contributed by atoms with Crippen molar-refractivity contribution in [3.8, 4) is 34.5 Å². The minimum atomic E-state index is -0.869. The van der Waals surface area contributed by atoms with Gasteiger partial charge in [-0.2, -0.15) is 0 Å². The number of methoxy groups -OCH3 is 1. The third-order valence-corrected chi connectivity index (χ3v) is 4.97. The molecule has 3 rings (SSSR count). The van der Waals surface area contributed by atoms with Crippen LogP contribution >= 0.6 is 23.2 Å². The van der Waals surface area contributed by atoms with Crippen LogP contribution in [-0.4, -0.2) is 24.8 Å². The molecule has 0 fully saturated rings. The Morgan fingerprint density at radius 1 is 0.967 bits per heavy atom. The number of hydrogen-bond donors (Lipinski definition) is 1. The van der Waals surface area contributed by atoms with Crippen molar-refractivity contribution in [2.45, 2.75) is 6.42 Å². The minimum absolute atomic E-state index is 0.0301. The van der Waals surface area contributed by atoms with Crippen LogP contribution in [0.25, 0.3) is 11.1 Å². The maximum absolute atomic E-state index is 11.0. The Morgan fingerprint density at radius 3 is 2.50 bits per heavy atom. The first-order chi connectivity index (χ1) is 14.5. The highest BCUT2D eigenvalue weighted by Gasteiger charge is 2.08. The van der Waals surface area contributed by atoms with E-state index in [0.29, 0.717) is 21.5 Å². The van der Waals surface area contributed by atoms with E-state index in [2.05, 4.69) is 11.8 Å². The second kappa shape index (κ2) is 10.1. The van der Waals surface area contributed by atoms with Crippen molar-refractivity contribution in [3.63, 3.8) is 0 Å². The fraction of sp³-hybridized carbons (Fsp3) is 0.125. The van der Waals surface area contributed by atoms with Gasteiger partial charge < -0.3 is 14.6 Å². The maximum Gasteiger partial charge on any atom is 0.307 e. The Bertz CT molecular complexity index is 1130. The summed E-state index contributed by atoms with van der Waals surface area (Å²) in [7, 11) is 1.57. The van der Waals surface area contributed by atoms with E-state index < -0.39 is 5.97 Å². The average molecular weight is 441 g/mol. The highest BCUT2D eigenvalue weighted by molar-refractivity contribution is 6.42. The zero-order valence-electron chi connectivity index (χ0n) is 16.1. The smallest absolute Gasteiger partial charge is 0.307 e. The van der Waals surface area contributed by atoms with Crippen LogP contribution in [0.1, 0.15) is 11.1 Å². The van der Waals surface area contributed by atoms with Gasteiger partial charge >= 0.3 is 5.97 Å². The molecule has 0 spiro atoms. The first kappa shape index (κ1) is 21.6. The van der Waals surface area contributed by atoms with E-state index in [1.54, 1.807) is 37.4 Å². The lowest BCUT2D eigenvalue weighted by Gasteiger charge is -2.11. The summed E-state index contributed by atoms with van der Waals surface area (Å²) in [6, 6.07) is 18.1. The first-order valence-electron chi connectivity index (χ1n) is 9.02. The van der Waals surface area contributed by atoms with Crippen LogP contribution in [0.4, 0.5) is 0 Å². The highest BCUT2D eigenvalue weighted by atomic mass is 35.5. The molecule has 6 heteroatoms. The summed E-state index contributed by atoms with van der Waals surface area (Å²) in [4.78, 5) is 11.0. The average Bonchev–Trinajstić information content (AvgIpc) is 2.73. The molecule has 0 amide bonds. The zero-order valence-corrected chi connectivity index (χ0v) is 17.6. The van der Waals surface area contributed by atoms with E-state index in [1.165, 1.54) is 0 Å². The number of benzene rings is 3. The van der Waals surface area contributed by atoms with Crippen LogP contribution in [0.2, 0.25) is 10.0 Å². The summed E-state index contributed by atoms with van der Waals surface area (Å²) in [5.41, 5.74) is 3.24. The lowest BCUT2D eigenvalue weighted by molar-refractivity contribution is -0.136.